The molecule has 1 heterocycles. The van der Waals surface area contributed by atoms with Crippen molar-refractivity contribution in [3.63, 3.8) is 0 Å². The van der Waals surface area contributed by atoms with Crippen LogP contribution in [0.3, 0.4) is 0 Å². The molecule has 0 aromatic carbocycles. The average molecular weight is 163 g/mol. The highest BCUT2D eigenvalue weighted by Crippen LogP contribution is 2.23. The zero-order chi connectivity index (χ0) is 8.39. The first-order chi connectivity index (χ1) is 5.88. The molecule has 0 bridgehead atoms. The Labute approximate surface area is 72.2 Å². The van der Waals surface area contributed by atoms with Crippen LogP contribution in [0.2, 0.25) is 0 Å². The minimum absolute atomic E-state index is 0.659. The summed E-state index contributed by atoms with van der Waals surface area (Å²) in [7, 11) is 0. The number of hydrogen-bond acceptors (Lipinski definition) is 3. The van der Waals surface area contributed by atoms with Crippen LogP contribution in [-0.4, -0.2) is 16.2 Å². The number of nitrogens with zero attached hydrogens (tertiary/aromatic N) is 2. The summed E-state index contributed by atoms with van der Waals surface area (Å²) in [4.78, 5) is 0. The maximum Gasteiger partial charge on any atom is 0.148 e. The Bertz CT molecular complexity index is 251. The summed E-state index contributed by atoms with van der Waals surface area (Å²) in [6.07, 6.45) is 3.51. The fraction of sp³-hybridized carbons (Fsp3) is 0.556. The molecular formula is C9H13N3. The molecule has 0 radical (unpaired) electrons. The molecule has 0 saturated heterocycles. The molecule has 0 unspecified atom stereocenters. The molecule has 1 N–H and O–H groups in total. The lowest BCUT2D eigenvalue weighted by Gasteiger charge is -2.01. The number of hydrogen-bond donors (Lipinski definition) is 1. The van der Waals surface area contributed by atoms with Crippen molar-refractivity contribution in [2.45, 2.75) is 32.2 Å². The molecule has 12 heavy (non-hydrogen) atoms. The van der Waals surface area contributed by atoms with Crippen LogP contribution < -0.4 is 5.32 Å². The van der Waals surface area contributed by atoms with Gasteiger partial charge in [0.15, 0.2) is 0 Å². The molecule has 3 nitrogen and oxygen atoms in total. The summed E-state index contributed by atoms with van der Waals surface area (Å²) in [6, 6.07) is 4.69. The Morgan fingerprint density at radius 3 is 2.75 bits per heavy atom. The second-order valence-electron chi connectivity index (χ2n) is 3.18. The van der Waals surface area contributed by atoms with Crippen LogP contribution in [-0.2, 0) is 6.42 Å². The third kappa shape index (κ3) is 1.72. The second kappa shape index (κ2) is 3.09. The number of aryl methyl sites for hydroxylation is 1. The number of rotatable bonds is 3. The topological polar surface area (TPSA) is 37.8 Å². The van der Waals surface area contributed by atoms with Gasteiger partial charge >= 0.3 is 0 Å². The first-order valence-corrected chi connectivity index (χ1v) is 4.47. The molecule has 1 saturated carbocycles. The lowest BCUT2D eigenvalue weighted by Crippen LogP contribution is -2.04. The number of aromatic nitrogens is 2. The van der Waals surface area contributed by atoms with E-state index in [2.05, 4.69) is 22.4 Å². The summed E-state index contributed by atoms with van der Waals surface area (Å²) in [6.45, 7) is 2.08. The quantitative estimate of drug-likeness (QED) is 0.735. The van der Waals surface area contributed by atoms with Gasteiger partial charge in [0.1, 0.15) is 5.82 Å². The molecule has 0 spiro atoms. The van der Waals surface area contributed by atoms with Gasteiger partial charge in [-0.1, -0.05) is 6.92 Å². The van der Waals surface area contributed by atoms with E-state index in [0.717, 1.165) is 17.9 Å². The minimum Gasteiger partial charge on any atom is -0.366 e. The van der Waals surface area contributed by atoms with Crippen molar-refractivity contribution in [1.29, 1.82) is 0 Å². The van der Waals surface area contributed by atoms with Gasteiger partial charge in [0.2, 0.25) is 0 Å². The molecule has 0 atom stereocenters. The van der Waals surface area contributed by atoms with Crippen molar-refractivity contribution in [1.82, 2.24) is 10.2 Å². The molecular weight excluding hydrogens is 150 g/mol. The third-order valence-electron chi connectivity index (χ3n) is 2.01. The zero-order valence-corrected chi connectivity index (χ0v) is 7.25. The minimum atomic E-state index is 0.659. The molecule has 2 rings (SSSR count). The number of anilines is 1. The molecule has 1 aromatic heterocycles. The Balaban J connectivity index is 2.02. The maximum absolute atomic E-state index is 4.07. The van der Waals surface area contributed by atoms with E-state index in [4.69, 9.17) is 0 Å². The van der Waals surface area contributed by atoms with Crippen LogP contribution >= 0.6 is 0 Å². The summed E-state index contributed by atoms with van der Waals surface area (Å²) >= 11 is 0. The van der Waals surface area contributed by atoms with Crippen LogP contribution in [0.15, 0.2) is 12.1 Å². The maximum atomic E-state index is 4.07. The van der Waals surface area contributed by atoms with Crippen LogP contribution in [0.4, 0.5) is 5.82 Å². The fourth-order valence-corrected chi connectivity index (χ4v) is 1.06. The second-order valence-corrected chi connectivity index (χ2v) is 3.18. The van der Waals surface area contributed by atoms with Crippen molar-refractivity contribution < 1.29 is 0 Å². The molecule has 3 heteroatoms. The third-order valence-corrected chi connectivity index (χ3v) is 2.01. The highest BCUT2D eigenvalue weighted by molar-refractivity contribution is 5.35. The van der Waals surface area contributed by atoms with E-state index >= 15 is 0 Å². The predicted molar refractivity (Wildman–Crippen MR) is 48.1 cm³/mol. The van der Waals surface area contributed by atoms with E-state index in [0.29, 0.717) is 6.04 Å². The van der Waals surface area contributed by atoms with E-state index < -0.39 is 0 Å². The van der Waals surface area contributed by atoms with Crippen LogP contribution in [0.25, 0.3) is 0 Å². The van der Waals surface area contributed by atoms with E-state index in [1.54, 1.807) is 0 Å². The normalized spacial score (nSPS) is 16.1. The largest absolute Gasteiger partial charge is 0.366 e. The van der Waals surface area contributed by atoms with Crippen molar-refractivity contribution in [2.75, 3.05) is 5.32 Å². The molecule has 0 amide bonds. The lowest BCUT2D eigenvalue weighted by molar-refractivity contribution is 0.912. The smallest absolute Gasteiger partial charge is 0.148 e. The summed E-state index contributed by atoms with van der Waals surface area (Å²) < 4.78 is 0. The highest BCUT2D eigenvalue weighted by atomic mass is 15.2. The van der Waals surface area contributed by atoms with Crippen molar-refractivity contribution in [2.24, 2.45) is 0 Å². The Morgan fingerprint density at radius 2 is 2.25 bits per heavy atom. The predicted octanol–water partition coefficient (Wildman–Crippen LogP) is 1.61. The van der Waals surface area contributed by atoms with Crippen molar-refractivity contribution >= 4 is 5.82 Å². The SMILES string of the molecule is CCc1ccc(NC2CC2)nn1. The molecule has 1 aliphatic carbocycles. The Morgan fingerprint density at radius 1 is 1.42 bits per heavy atom. The Kier molecular flexibility index (Phi) is 1.94. The first kappa shape index (κ1) is 7.53. The molecule has 1 aromatic rings. The fourth-order valence-electron chi connectivity index (χ4n) is 1.06. The Hall–Kier alpha value is -1.12. The van der Waals surface area contributed by atoms with Gasteiger partial charge in [-0.3, -0.25) is 0 Å². The van der Waals surface area contributed by atoms with Gasteiger partial charge in [-0.05, 0) is 31.4 Å². The summed E-state index contributed by atoms with van der Waals surface area (Å²) in [5.74, 6) is 0.912. The first-order valence-electron chi connectivity index (χ1n) is 4.47. The molecule has 1 aliphatic rings. The van der Waals surface area contributed by atoms with E-state index in [1.165, 1.54) is 12.8 Å². The van der Waals surface area contributed by atoms with Gasteiger partial charge in [0, 0.05) is 6.04 Å². The van der Waals surface area contributed by atoms with Gasteiger partial charge in [-0.25, -0.2) is 0 Å². The van der Waals surface area contributed by atoms with Gasteiger partial charge in [-0.15, -0.1) is 5.10 Å². The van der Waals surface area contributed by atoms with E-state index in [9.17, 15) is 0 Å². The average Bonchev–Trinajstić information content (AvgIpc) is 2.90. The molecule has 64 valence electrons. The molecule has 0 aliphatic heterocycles. The van der Waals surface area contributed by atoms with Gasteiger partial charge in [0.25, 0.3) is 0 Å². The standard InChI is InChI=1S/C9H13N3/c1-2-7-5-6-9(12-11-7)10-8-3-4-8/h5-6,8H,2-4H2,1H3,(H,10,12). The van der Waals surface area contributed by atoms with Crippen molar-refractivity contribution in [3.8, 4) is 0 Å². The highest BCUT2D eigenvalue weighted by Gasteiger charge is 2.21. The lowest BCUT2D eigenvalue weighted by atomic mass is 10.3. The monoisotopic (exact) mass is 163 g/mol. The zero-order valence-electron chi connectivity index (χ0n) is 7.25. The van der Waals surface area contributed by atoms with Gasteiger partial charge in [-0.2, -0.15) is 5.10 Å². The van der Waals surface area contributed by atoms with E-state index in [1.807, 2.05) is 12.1 Å². The van der Waals surface area contributed by atoms with Gasteiger partial charge < -0.3 is 5.32 Å². The summed E-state index contributed by atoms with van der Waals surface area (Å²) in [5.41, 5.74) is 1.05. The van der Waals surface area contributed by atoms with Gasteiger partial charge in [0.05, 0.1) is 5.69 Å². The molecule has 1 fully saturated rings. The van der Waals surface area contributed by atoms with Crippen LogP contribution in [0.5, 0.6) is 0 Å². The van der Waals surface area contributed by atoms with Crippen molar-refractivity contribution in [3.05, 3.63) is 17.8 Å². The number of nitrogens with one attached hydrogen (secondary N) is 1. The van der Waals surface area contributed by atoms with Crippen LogP contribution in [0.1, 0.15) is 25.5 Å². The summed E-state index contributed by atoms with van der Waals surface area (Å²) in [5, 5.41) is 11.4. The van der Waals surface area contributed by atoms with E-state index in [-0.39, 0.29) is 0 Å². The van der Waals surface area contributed by atoms with Crippen LogP contribution in [0, 0.1) is 0 Å².